The van der Waals surface area contributed by atoms with E-state index in [0.717, 1.165) is 24.1 Å². The van der Waals surface area contributed by atoms with E-state index in [4.69, 9.17) is 4.74 Å². The number of nitrogens with zero attached hydrogens (tertiary/aromatic N) is 1. The summed E-state index contributed by atoms with van der Waals surface area (Å²) in [5.74, 6) is 0.352. The van der Waals surface area contributed by atoms with E-state index < -0.39 is 11.7 Å². The molecule has 128 valence electrons. The minimum Gasteiger partial charge on any atom is -0.486 e. The van der Waals surface area contributed by atoms with E-state index in [1.54, 1.807) is 7.05 Å². The smallest absolute Gasteiger partial charge is 0.416 e. The van der Waals surface area contributed by atoms with Gasteiger partial charge >= 0.3 is 6.18 Å². The van der Waals surface area contributed by atoms with Crippen LogP contribution in [0.4, 0.5) is 13.2 Å². The predicted molar refractivity (Wildman–Crippen MR) is 84.6 cm³/mol. The normalized spacial score (nSPS) is 12.5. The second-order valence-corrected chi connectivity index (χ2v) is 5.41. The topological polar surface area (TPSA) is 29.5 Å². The van der Waals surface area contributed by atoms with Gasteiger partial charge < -0.3 is 9.64 Å². The van der Waals surface area contributed by atoms with Crippen LogP contribution in [0.1, 0.15) is 23.7 Å². The lowest BCUT2D eigenvalue weighted by molar-refractivity contribution is -0.137. The number of benzene rings is 2. The molecule has 2 rings (SSSR count). The summed E-state index contributed by atoms with van der Waals surface area (Å²) in [5, 5.41) is 0. The first-order chi connectivity index (χ1) is 11.4. The fraction of sp³-hybridized carbons (Fsp3) is 0.278. The largest absolute Gasteiger partial charge is 0.486 e. The number of carbonyl (C=O) groups excluding carboxylic acids is 1. The fourth-order valence-corrected chi connectivity index (χ4v) is 2.22. The summed E-state index contributed by atoms with van der Waals surface area (Å²) in [6, 6.07) is 14.0. The van der Waals surface area contributed by atoms with E-state index in [-0.39, 0.29) is 6.10 Å². The molecular formula is C18H18F3NO2. The van der Waals surface area contributed by atoms with E-state index in [0.29, 0.717) is 18.7 Å². The zero-order valence-corrected chi connectivity index (χ0v) is 13.2. The zero-order valence-electron chi connectivity index (χ0n) is 13.2. The highest BCUT2D eigenvalue weighted by atomic mass is 19.4. The molecule has 1 atom stereocenters. The van der Waals surface area contributed by atoms with Crippen LogP contribution < -0.4 is 4.74 Å². The standard InChI is InChI=1S/C18H18F3NO2/c1-22(13-23)12-11-17(14-5-3-2-4-6-14)24-16-9-7-15(8-10-16)18(19,20)21/h2-10,13,17H,11-12H2,1H3. The summed E-state index contributed by atoms with van der Waals surface area (Å²) in [6.07, 6.45) is -3.48. The number of ether oxygens (including phenoxy) is 1. The Bertz CT molecular complexity index is 642. The number of hydrogen-bond donors (Lipinski definition) is 0. The molecule has 2 aromatic rings. The highest BCUT2D eigenvalue weighted by Crippen LogP contribution is 2.31. The molecule has 1 unspecified atom stereocenters. The molecule has 0 fully saturated rings. The van der Waals surface area contributed by atoms with E-state index in [1.165, 1.54) is 17.0 Å². The van der Waals surface area contributed by atoms with Crippen molar-refractivity contribution in [2.75, 3.05) is 13.6 Å². The first-order valence-corrected chi connectivity index (χ1v) is 7.44. The van der Waals surface area contributed by atoms with E-state index in [9.17, 15) is 18.0 Å². The average Bonchev–Trinajstić information content (AvgIpc) is 2.58. The number of alkyl halides is 3. The van der Waals surface area contributed by atoms with Crippen LogP contribution in [0.2, 0.25) is 0 Å². The average molecular weight is 337 g/mol. The van der Waals surface area contributed by atoms with Crippen molar-refractivity contribution in [1.82, 2.24) is 4.90 Å². The van der Waals surface area contributed by atoms with Crippen molar-refractivity contribution >= 4 is 6.41 Å². The molecule has 24 heavy (non-hydrogen) atoms. The second kappa shape index (κ2) is 7.86. The molecule has 0 saturated heterocycles. The van der Waals surface area contributed by atoms with Gasteiger partial charge in [0.15, 0.2) is 0 Å². The Morgan fingerprint density at radius 2 is 1.71 bits per heavy atom. The third-order valence-corrected chi connectivity index (χ3v) is 3.56. The van der Waals surface area contributed by atoms with Crippen molar-refractivity contribution in [3.05, 3.63) is 65.7 Å². The molecule has 1 amide bonds. The highest BCUT2D eigenvalue weighted by molar-refractivity contribution is 5.46. The van der Waals surface area contributed by atoms with E-state index >= 15 is 0 Å². The maximum Gasteiger partial charge on any atom is 0.416 e. The van der Waals surface area contributed by atoms with Gasteiger partial charge in [0.1, 0.15) is 11.9 Å². The maximum absolute atomic E-state index is 12.6. The van der Waals surface area contributed by atoms with Crippen molar-refractivity contribution in [3.8, 4) is 5.75 Å². The van der Waals surface area contributed by atoms with Crippen molar-refractivity contribution in [2.24, 2.45) is 0 Å². The Balaban J connectivity index is 2.14. The van der Waals surface area contributed by atoms with Gasteiger partial charge in [-0.25, -0.2) is 0 Å². The molecule has 0 aliphatic heterocycles. The van der Waals surface area contributed by atoms with Crippen LogP contribution >= 0.6 is 0 Å². The first-order valence-electron chi connectivity index (χ1n) is 7.44. The van der Waals surface area contributed by atoms with Crippen molar-refractivity contribution < 1.29 is 22.7 Å². The number of amides is 1. The minimum absolute atomic E-state index is 0.352. The van der Waals surface area contributed by atoms with Gasteiger partial charge in [-0.3, -0.25) is 4.79 Å². The number of halogens is 3. The quantitative estimate of drug-likeness (QED) is 0.705. The highest BCUT2D eigenvalue weighted by Gasteiger charge is 2.30. The SMILES string of the molecule is CN(C=O)CCC(Oc1ccc(C(F)(F)F)cc1)c1ccccc1. The van der Waals surface area contributed by atoms with Gasteiger partial charge in [-0.15, -0.1) is 0 Å². The summed E-state index contributed by atoms with van der Waals surface area (Å²) >= 11 is 0. The molecular weight excluding hydrogens is 319 g/mol. The summed E-state index contributed by atoms with van der Waals surface area (Å²) in [7, 11) is 1.66. The van der Waals surface area contributed by atoms with Crippen LogP contribution in [0.3, 0.4) is 0 Å². The van der Waals surface area contributed by atoms with Crippen LogP contribution in [-0.4, -0.2) is 24.9 Å². The molecule has 0 aromatic heterocycles. The molecule has 0 aliphatic carbocycles. The molecule has 2 aromatic carbocycles. The summed E-state index contributed by atoms with van der Waals surface area (Å²) in [5.41, 5.74) is 0.184. The lowest BCUT2D eigenvalue weighted by Gasteiger charge is -2.22. The third kappa shape index (κ3) is 5.01. The molecule has 6 heteroatoms. The van der Waals surface area contributed by atoms with Gasteiger partial charge in [0.25, 0.3) is 0 Å². The zero-order chi connectivity index (χ0) is 17.6. The van der Waals surface area contributed by atoms with Crippen molar-refractivity contribution in [1.29, 1.82) is 0 Å². The fourth-order valence-electron chi connectivity index (χ4n) is 2.22. The summed E-state index contributed by atoms with van der Waals surface area (Å²) < 4.78 is 43.7. The van der Waals surface area contributed by atoms with Crippen LogP contribution in [-0.2, 0) is 11.0 Å². The van der Waals surface area contributed by atoms with Gasteiger partial charge in [0.2, 0.25) is 6.41 Å². The Kier molecular flexibility index (Phi) is 5.84. The molecule has 0 aliphatic rings. The van der Waals surface area contributed by atoms with Crippen LogP contribution in [0.15, 0.2) is 54.6 Å². The van der Waals surface area contributed by atoms with Gasteiger partial charge in [0, 0.05) is 20.0 Å². The van der Waals surface area contributed by atoms with Gasteiger partial charge in [-0.2, -0.15) is 13.2 Å². The van der Waals surface area contributed by atoms with E-state index in [2.05, 4.69) is 0 Å². The van der Waals surface area contributed by atoms with Gasteiger partial charge in [-0.1, -0.05) is 30.3 Å². The van der Waals surface area contributed by atoms with Gasteiger partial charge in [-0.05, 0) is 29.8 Å². The maximum atomic E-state index is 12.6. The lowest BCUT2D eigenvalue weighted by atomic mass is 10.1. The molecule has 0 spiro atoms. The number of carbonyl (C=O) groups is 1. The molecule has 0 N–H and O–H groups in total. The first kappa shape index (κ1) is 17.8. The minimum atomic E-state index is -4.37. The summed E-state index contributed by atoms with van der Waals surface area (Å²) in [6.45, 7) is 0.476. The Labute approximate surface area is 138 Å². The number of rotatable bonds is 7. The summed E-state index contributed by atoms with van der Waals surface area (Å²) in [4.78, 5) is 12.2. The Morgan fingerprint density at radius 3 is 2.25 bits per heavy atom. The van der Waals surface area contributed by atoms with Crippen molar-refractivity contribution in [3.63, 3.8) is 0 Å². The Hall–Kier alpha value is -2.50. The number of hydrogen-bond acceptors (Lipinski definition) is 2. The molecule has 0 radical (unpaired) electrons. The predicted octanol–water partition coefficient (Wildman–Crippen LogP) is 4.30. The lowest BCUT2D eigenvalue weighted by Crippen LogP contribution is -2.21. The molecule has 3 nitrogen and oxygen atoms in total. The molecule has 0 heterocycles. The second-order valence-electron chi connectivity index (χ2n) is 5.41. The van der Waals surface area contributed by atoms with Gasteiger partial charge in [0.05, 0.1) is 5.56 Å². The Morgan fingerprint density at radius 1 is 1.08 bits per heavy atom. The molecule has 0 saturated carbocycles. The van der Waals surface area contributed by atoms with Crippen LogP contribution in [0, 0.1) is 0 Å². The van der Waals surface area contributed by atoms with E-state index in [1.807, 2.05) is 30.3 Å². The van der Waals surface area contributed by atoms with Crippen molar-refractivity contribution in [2.45, 2.75) is 18.7 Å². The van der Waals surface area contributed by atoms with Crippen LogP contribution in [0.25, 0.3) is 0 Å². The third-order valence-electron chi connectivity index (χ3n) is 3.56. The molecule has 0 bridgehead atoms. The van der Waals surface area contributed by atoms with Crippen LogP contribution in [0.5, 0.6) is 5.75 Å². The monoisotopic (exact) mass is 337 g/mol.